The summed E-state index contributed by atoms with van der Waals surface area (Å²) in [4.78, 5) is 24.4. The first kappa shape index (κ1) is 23.7. The number of hydrogen-bond acceptors (Lipinski definition) is 7. The summed E-state index contributed by atoms with van der Waals surface area (Å²) in [6, 6.07) is 7.01. The zero-order valence-electron chi connectivity index (χ0n) is 17.8. The molecule has 1 aliphatic heterocycles. The largest absolute Gasteiger partial charge is 0.462 e. The predicted molar refractivity (Wildman–Crippen MR) is 113 cm³/mol. The first-order chi connectivity index (χ1) is 13.8. The van der Waals surface area contributed by atoms with E-state index in [9.17, 15) is 9.59 Å². The number of carbonyl (C=O) groups is 2. The summed E-state index contributed by atoms with van der Waals surface area (Å²) in [5.74, 6) is 0.385. The Balaban J connectivity index is 1.77. The molecule has 1 aliphatic rings. The van der Waals surface area contributed by atoms with Crippen LogP contribution in [0.3, 0.4) is 0 Å². The van der Waals surface area contributed by atoms with Gasteiger partial charge in [-0.15, -0.1) is 11.8 Å². The van der Waals surface area contributed by atoms with E-state index in [2.05, 4.69) is 6.92 Å². The van der Waals surface area contributed by atoms with E-state index in [1.165, 1.54) is 0 Å². The third-order valence-corrected chi connectivity index (χ3v) is 5.36. The number of esters is 2. The number of ether oxygens (including phenoxy) is 4. The van der Waals surface area contributed by atoms with Crippen molar-refractivity contribution in [1.82, 2.24) is 0 Å². The Labute approximate surface area is 177 Å². The molecule has 0 saturated carbocycles. The minimum atomic E-state index is -0.625. The summed E-state index contributed by atoms with van der Waals surface area (Å²) in [6.45, 7) is 8.36. The average Bonchev–Trinajstić information content (AvgIpc) is 3.12. The molecule has 0 amide bonds. The fourth-order valence-corrected chi connectivity index (χ4v) is 3.46. The lowest BCUT2D eigenvalue weighted by Gasteiger charge is -2.18. The van der Waals surface area contributed by atoms with Gasteiger partial charge in [0.15, 0.2) is 6.29 Å². The van der Waals surface area contributed by atoms with Crippen LogP contribution in [0.1, 0.15) is 52.5 Å². The molecule has 1 aromatic rings. The molecule has 0 N–H and O–H groups in total. The van der Waals surface area contributed by atoms with E-state index < -0.39 is 5.41 Å². The van der Waals surface area contributed by atoms with Crippen molar-refractivity contribution in [3.05, 3.63) is 29.8 Å². The quantitative estimate of drug-likeness (QED) is 0.314. The molecule has 1 fully saturated rings. The molecule has 6 nitrogen and oxygen atoms in total. The lowest BCUT2D eigenvalue weighted by molar-refractivity contribution is -0.155. The minimum Gasteiger partial charge on any atom is -0.462 e. The molecule has 2 atom stereocenters. The maximum Gasteiger partial charge on any atom is 0.316 e. The Bertz CT molecular complexity index is 670. The second kappa shape index (κ2) is 11.6. The Kier molecular flexibility index (Phi) is 9.46. The van der Waals surface area contributed by atoms with Gasteiger partial charge >= 0.3 is 11.9 Å². The smallest absolute Gasteiger partial charge is 0.316 e. The molecule has 1 heterocycles. The molecule has 0 spiro atoms. The Morgan fingerprint density at radius 3 is 2.69 bits per heavy atom. The highest BCUT2D eigenvalue weighted by Crippen LogP contribution is 2.27. The summed E-state index contributed by atoms with van der Waals surface area (Å²) in [5.41, 5.74) is -0.226. The zero-order valence-corrected chi connectivity index (χ0v) is 18.6. The molecule has 1 unspecified atom stereocenters. The number of para-hydroxylation sites is 1. The number of carbonyl (C=O) groups excluding carboxylic acids is 2. The highest BCUT2D eigenvalue weighted by atomic mass is 32.2. The van der Waals surface area contributed by atoms with Crippen LogP contribution >= 0.6 is 11.8 Å². The van der Waals surface area contributed by atoms with Gasteiger partial charge in [-0.3, -0.25) is 9.59 Å². The summed E-state index contributed by atoms with van der Waals surface area (Å²) >= 11 is 1.58. The summed E-state index contributed by atoms with van der Waals surface area (Å²) < 4.78 is 22.3. The fraction of sp³-hybridized carbons (Fsp3) is 0.636. The Hall–Kier alpha value is -1.57. The van der Waals surface area contributed by atoms with Crippen LogP contribution < -0.4 is 4.74 Å². The standard InChI is InChI=1S/C22H32O6S/c1-5-6-9-12-25-19-15-29-20(28-19)14-26-18(23)13-16-10-7-8-11-17(16)27-21(24)22(2,3)4/h7-8,10-11,19-20H,5-6,9,12-15H2,1-4H3/t19?,20-/m1/s1. The van der Waals surface area contributed by atoms with E-state index in [4.69, 9.17) is 18.9 Å². The molecule has 1 saturated heterocycles. The van der Waals surface area contributed by atoms with Crippen molar-refractivity contribution in [2.45, 2.75) is 65.1 Å². The monoisotopic (exact) mass is 424 g/mol. The first-order valence-corrected chi connectivity index (χ1v) is 11.2. The minimum absolute atomic E-state index is 0.0297. The van der Waals surface area contributed by atoms with Gasteiger partial charge in [-0.25, -0.2) is 0 Å². The van der Waals surface area contributed by atoms with Crippen LogP contribution in [0.4, 0.5) is 0 Å². The highest BCUT2D eigenvalue weighted by Gasteiger charge is 2.28. The molecular weight excluding hydrogens is 392 g/mol. The van der Waals surface area contributed by atoms with Gasteiger partial charge in [0.2, 0.25) is 0 Å². The van der Waals surface area contributed by atoms with Gasteiger partial charge in [-0.05, 0) is 33.3 Å². The van der Waals surface area contributed by atoms with Gasteiger partial charge in [-0.1, -0.05) is 38.0 Å². The lowest BCUT2D eigenvalue weighted by atomic mass is 9.97. The topological polar surface area (TPSA) is 71.1 Å². The van der Waals surface area contributed by atoms with Gasteiger partial charge in [0.25, 0.3) is 0 Å². The average molecular weight is 425 g/mol. The molecule has 162 valence electrons. The van der Waals surface area contributed by atoms with E-state index in [0.29, 0.717) is 17.9 Å². The second-order valence-corrected chi connectivity index (χ2v) is 9.21. The number of rotatable bonds is 10. The second-order valence-electron chi connectivity index (χ2n) is 8.01. The first-order valence-electron chi connectivity index (χ1n) is 10.1. The van der Waals surface area contributed by atoms with Gasteiger partial charge in [0, 0.05) is 17.9 Å². The van der Waals surface area contributed by atoms with Gasteiger partial charge in [0.05, 0.1) is 11.8 Å². The predicted octanol–water partition coefficient (Wildman–Crippen LogP) is 4.35. The lowest BCUT2D eigenvalue weighted by Crippen LogP contribution is -2.26. The number of thioether (sulfide) groups is 1. The van der Waals surface area contributed by atoms with Crippen molar-refractivity contribution in [1.29, 1.82) is 0 Å². The maximum atomic E-state index is 12.3. The molecule has 0 radical (unpaired) electrons. The number of unbranched alkanes of at least 4 members (excludes halogenated alkanes) is 2. The van der Waals surface area contributed by atoms with Crippen LogP contribution in [-0.4, -0.2) is 42.6 Å². The van der Waals surface area contributed by atoms with Crippen molar-refractivity contribution in [3.63, 3.8) is 0 Å². The van der Waals surface area contributed by atoms with Crippen LogP contribution in [0, 0.1) is 5.41 Å². The van der Waals surface area contributed by atoms with Crippen molar-refractivity contribution in [2.75, 3.05) is 19.0 Å². The van der Waals surface area contributed by atoms with E-state index in [0.717, 1.165) is 25.0 Å². The molecular formula is C22H32O6S. The molecule has 1 aromatic carbocycles. The fourth-order valence-electron chi connectivity index (χ4n) is 2.55. The van der Waals surface area contributed by atoms with E-state index in [1.807, 2.05) is 0 Å². The SMILES string of the molecule is CCCCCOC1CS[C@H](COC(=O)Cc2ccccc2OC(=O)C(C)(C)C)O1. The Morgan fingerprint density at radius 1 is 1.21 bits per heavy atom. The van der Waals surface area contributed by atoms with Crippen molar-refractivity contribution < 1.29 is 28.5 Å². The molecule has 2 rings (SSSR count). The normalized spacial score (nSPS) is 19.2. The van der Waals surface area contributed by atoms with Crippen LogP contribution in [0.2, 0.25) is 0 Å². The van der Waals surface area contributed by atoms with Crippen LogP contribution in [0.5, 0.6) is 5.75 Å². The number of benzene rings is 1. The third-order valence-electron chi connectivity index (χ3n) is 4.28. The van der Waals surface area contributed by atoms with Crippen molar-refractivity contribution >= 4 is 23.7 Å². The van der Waals surface area contributed by atoms with Crippen LogP contribution in [-0.2, 0) is 30.2 Å². The molecule has 7 heteroatoms. The molecule has 0 aromatic heterocycles. The zero-order chi connectivity index (χ0) is 21.3. The molecule has 29 heavy (non-hydrogen) atoms. The number of hydrogen-bond donors (Lipinski definition) is 0. The molecule has 0 bridgehead atoms. The maximum absolute atomic E-state index is 12.3. The van der Waals surface area contributed by atoms with Crippen molar-refractivity contribution in [2.24, 2.45) is 5.41 Å². The molecule has 0 aliphatic carbocycles. The van der Waals surface area contributed by atoms with Gasteiger partial charge < -0.3 is 18.9 Å². The van der Waals surface area contributed by atoms with Gasteiger partial charge in [-0.2, -0.15) is 0 Å². The third kappa shape index (κ3) is 8.36. The van der Waals surface area contributed by atoms with E-state index in [-0.39, 0.29) is 36.7 Å². The van der Waals surface area contributed by atoms with Crippen LogP contribution in [0.15, 0.2) is 24.3 Å². The van der Waals surface area contributed by atoms with Crippen molar-refractivity contribution in [3.8, 4) is 5.75 Å². The summed E-state index contributed by atoms with van der Waals surface area (Å²) in [7, 11) is 0. The van der Waals surface area contributed by atoms with E-state index in [1.54, 1.807) is 56.8 Å². The van der Waals surface area contributed by atoms with Crippen LogP contribution in [0.25, 0.3) is 0 Å². The summed E-state index contributed by atoms with van der Waals surface area (Å²) in [5, 5.41) is 0. The Morgan fingerprint density at radius 2 is 1.97 bits per heavy atom. The summed E-state index contributed by atoms with van der Waals surface area (Å²) in [6.07, 6.45) is 3.12. The van der Waals surface area contributed by atoms with Gasteiger partial charge in [0.1, 0.15) is 17.8 Å². The van der Waals surface area contributed by atoms with E-state index >= 15 is 0 Å². The highest BCUT2D eigenvalue weighted by molar-refractivity contribution is 8.00.